The highest BCUT2D eigenvalue weighted by Gasteiger charge is 2.28. The number of aliphatic hydroxyl groups is 1. The Kier molecular flexibility index (Phi) is 2.98. The molecule has 0 unspecified atom stereocenters. The molecule has 0 atom stereocenters. The lowest BCUT2D eigenvalue weighted by Crippen LogP contribution is -1.96. The summed E-state index contributed by atoms with van der Waals surface area (Å²) in [5.41, 5.74) is 0.858. The third-order valence-electron chi connectivity index (χ3n) is 2.89. The van der Waals surface area contributed by atoms with Gasteiger partial charge in [0.25, 0.3) is 5.89 Å². The first-order valence-corrected chi connectivity index (χ1v) is 6.00. The quantitative estimate of drug-likeness (QED) is 0.874. The van der Waals surface area contributed by atoms with E-state index in [0.29, 0.717) is 11.8 Å². The third-order valence-corrected chi connectivity index (χ3v) is 2.89. The van der Waals surface area contributed by atoms with Gasteiger partial charge in [-0.25, -0.2) is 0 Å². The molecule has 0 bridgehead atoms. The molecule has 5 nitrogen and oxygen atoms in total. The average Bonchev–Trinajstić information content (AvgIpc) is 3.16. The minimum Gasteiger partial charge on any atom is -0.484 e. The molecule has 1 saturated carbocycles. The van der Waals surface area contributed by atoms with Gasteiger partial charge in [-0.3, -0.25) is 0 Å². The minimum atomic E-state index is 0.0364. The van der Waals surface area contributed by atoms with E-state index in [1.54, 1.807) is 0 Å². The van der Waals surface area contributed by atoms with Crippen LogP contribution in [0.4, 0.5) is 0 Å². The molecule has 1 aromatic heterocycles. The number of ether oxygens (including phenoxy) is 1. The molecule has 3 rings (SSSR count). The fourth-order valence-corrected chi connectivity index (χ4v) is 1.67. The second-order valence-electron chi connectivity index (χ2n) is 4.41. The van der Waals surface area contributed by atoms with Crippen LogP contribution in [0.3, 0.4) is 0 Å². The lowest BCUT2D eigenvalue weighted by molar-refractivity contribution is 0.242. The maximum atomic E-state index is 8.92. The molecule has 94 valence electrons. The van der Waals surface area contributed by atoms with Crippen LogP contribution in [0.2, 0.25) is 0 Å². The predicted octanol–water partition coefficient (Wildman–Crippen LogP) is 2.02. The SMILES string of the molecule is OCc1ccc(OCc2nc(C3CC3)no2)cc1. The van der Waals surface area contributed by atoms with Gasteiger partial charge in [-0.15, -0.1) is 0 Å². The van der Waals surface area contributed by atoms with Crippen molar-refractivity contribution in [3.8, 4) is 5.75 Å². The smallest absolute Gasteiger partial charge is 0.264 e. The van der Waals surface area contributed by atoms with E-state index in [2.05, 4.69) is 10.1 Å². The molecule has 0 radical (unpaired) electrons. The van der Waals surface area contributed by atoms with Crippen molar-refractivity contribution in [2.45, 2.75) is 32.0 Å². The van der Waals surface area contributed by atoms with Gasteiger partial charge in [0.05, 0.1) is 6.61 Å². The normalized spacial score (nSPS) is 14.7. The van der Waals surface area contributed by atoms with Crippen LogP contribution < -0.4 is 4.74 Å². The molecule has 18 heavy (non-hydrogen) atoms. The van der Waals surface area contributed by atoms with E-state index < -0.39 is 0 Å². The summed E-state index contributed by atoms with van der Waals surface area (Å²) >= 11 is 0. The van der Waals surface area contributed by atoms with E-state index >= 15 is 0 Å². The Morgan fingerprint density at radius 2 is 2.06 bits per heavy atom. The van der Waals surface area contributed by atoms with E-state index in [1.807, 2.05) is 24.3 Å². The second kappa shape index (κ2) is 4.78. The number of aromatic nitrogens is 2. The molecule has 0 saturated heterocycles. The Morgan fingerprint density at radius 3 is 2.72 bits per heavy atom. The Labute approximate surface area is 104 Å². The first kappa shape index (κ1) is 11.2. The van der Waals surface area contributed by atoms with Gasteiger partial charge >= 0.3 is 0 Å². The highest BCUT2D eigenvalue weighted by Crippen LogP contribution is 2.38. The summed E-state index contributed by atoms with van der Waals surface area (Å²) in [6, 6.07) is 7.25. The molecular formula is C13H14N2O3. The molecule has 0 aliphatic heterocycles. The van der Waals surface area contributed by atoms with Crippen molar-refractivity contribution in [2.75, 3.05) is 0 Å². The highest BCUT2D eigenvalue weighted by atomic mass is 16.5. The molecule has 1 aliphatic carbocycles. The number of nitrogens with zero attached hydrogens (tertiary/aromatic N) is 2. The molecule has 5 heteroatoms. The summed E-state index contributed by atoms with van der Waals surface area (Å²) in [4.78, 5) is 4.28. The summed E-state index contributed by atoms with van der Waals surface area (Å²) in [7, 11) is 0. The summed E-state index contributed by atoms with van der Waals surface area (Å²) in [6.45, 7) is 0.312. The van der Waals surface area contributed by atoms with Crippen molar-refractivity contribution in [3.63, 3.8) is 0 Å². The van der Waals surface area contributed by atoms with E-state index in [9.17, 15) is 0 Å². The Balaban J connectivity index is 1.58. The Morgan fingerprint density at radius 1 is 1.28 bits per heavy atom. The monoisotopic (exact) mass is 246 g/mol. The molecule has 1 aromatic carbocycles. The number of benzene rings is 1. The zero-order valence-electron chi connectivity index (χ0n) is 9.87. The largest absolute Gasteiger partial charge is 0.484 e. The Hall–Kier alpha value is -1.88. The zero-order valence-corrected chi connectivity index (χ0v) is 9.87. The predicted molar refractivity (Wildman–Crippen MR) is 63.0 cm³/mol. The maximum Gasteiger partial charge on any atom is 0.264 e. The number of hydrogen-bond donors (Lipinski definition) is 1. The fourth-order valence-electron chi connectivity index (χ4n) is 1.67. The van der Waals surface area contributed by atoms with Gasteiger partial charge in [-0.1, -0.05) is 17.3 Å². The van der Waals surface area contributed by atoms with Crippen LogP contribution in [-0.4, -0.2) is 15.2 Å². The summed E-state index contributed by atoms with van der Waals surface area (Å²) in [5, 5.41) is 12.8. The van der Waals surface area contributed by atoms with Gasteiger partial charge in [0, 0.05) is 5.92 Å². The van der Waals surface area contributed by atoms with Crippen LogP contribution in [0.5, 0.6) is 5.75 Å². The average molecular weight is 246 g/mol. The minimum absolute atomic E-state index is 0.0364. The summed E-state index contributed by atoms with van der Waals surface area (Å²) in [5.74, 6) is 2.51. The van der Waals surface area contributed by atoms with Gasteiger partial charge in [0.2, 0.25) is 0 Å². The van der Waals surface area contributed by atoms with E-state index in [4.69, 9.17) is 14.4 Å². The van der Waals surface area contributed by atoms with Crippen LogP contribution >= 0.6 is 0 Å². The molecule has 0 spiro atoms. The Bertz CT molecular complexity index is 517. The number of rotatable bonds is 5. The van der Waals surface area contributed by atoms with Crippen molar-refractivity contribution in [1.82, 2.24) is 10.1 Å². The van der Waals surface area contributed by atoms with E-state index in [-0.39, 0.29) is 13.2 Å². The molecule has 1 aliphatic rings. The van der Waals surface area contributed by atoms with Crippen molar-refractivity contribution in [3.05, 3.63) is 41.5 Å². The topological polar surface area (TPSA) is 68.4 Å². The van der Waals surface area contributed by atoms with Crippen molar-refractivity contribution in [1.29, 1.82) is 0 Å². The molecule has 1 fully saturated rings. The van der Waals surface area contributed by atoms with Crippen molar-refractivity contribution in [2.24, 2.45) is 0 Å². The zero-order chi connectivity index (χ0) is 12.4. The first-order chi connectivity index (χ1) is 8.85. The van der Waals surface area contributed by atoms with Crippen LogP contribution in [-0.2, 0) is 13.2 Å². The summed E-state index contributed by atoms with van der Waals surface area (Å²) < 4.78 is 10.6. The van der Waals surface area contributed by atoms with Crippen LogP contribution in [0.15, 0.2) is 28.8 Å². The van der Waals surface area contributed by atoms with Gasteiger partial charge < -0.3 is 14.4 Å². The maximum absolute atomic E-state index is 8.92. The van der Waals surface area contributed by atoms with Gasteiger partial charge in [-0.2, -0.15) is 4.98 Å². The number of hydrogen-bond acceptors (Lipinski definition) is 5. The lowest BCUT2D eigenvalue weighted by atomic mass is 10.2. The molecule has 0 amide bonds. The van der Waals surface area contributed by atoms with Gasteiger partial charge in [0.15, 0.2) is 12.4 Å². The molecule has 1 heterocycles. The standard InChI is InChI=1S/C13H14N2O3/c16-7-9-1-5-11(6-2-9)17-8-12-14-13(15-18-12)10-3-4-10/h1-2,5-6,10,16H,3-4,7-8H2. The molecule has 1 N–H and O–H groups in total. The van der Waals surface area contributed by atoms with Crippen molar-refractivity contribution >= 4 is 0 Å². The van der Waals surface area contributed by atoms with Gasteiger partial charge in [-0.05, 0) is 30.5 Å². The van der Waals surface area contributed by atoms with Crippen molar-refractivity contribution < 1.29 is 14.4 Å². The van der Waals surface area contributed by atoms with Crippen LogP contribution in [0.25, 0.3) is 0 Å². The third kappa shape index (κ3) is 2.51. The fraction of sp³-hybridized carbons (Fsp3) is 0.385. The van der Waals surface area contributed by atoms with Crippen LogP contribution in [0, 0.1) is 0 Å². The van der Waals surface area contributed by atoms with Crippen LogP contribution in [0.1, 0.15) is 36.0 Å². The van der Waals surface area contributed by atoms with E-state index in [1.165, 1.54) is 0 Å². The second-order valence-corrected chi connectivity index (χ2v) is 4.41. The first-order valence-electron chi connectivity index (χ1n) is 6.00. The highest BCUT2D eigenvalue weighted by molar-refractivity contribution is 5.26. The summed E-state index contributed by atoms with van der Waals surface area (Å²) in [6.07, 6.45) is 2.31. The lowest BCUT2D eigenvalue weighted by Gasteiger charge is -2.03. The molecular weight excluding hydrogens is 232 g/mol. The van der Waals surface area contributed by atoms with E-state index in [0.717, 1.165) is 30.0 Å². The number of aliphatic hydroxyl groups excluding tert-OH is 1. The van der Waals surface area contributed by atoms with Gasteiger partial charge in [0.1, 0.15) is 5.75 Å². The molecule has 2 aromatic rings.